The van der Waals surface area contributed by atoms with E-state index in [2.05, 4.69) is 9.80 Å². The highest BCUT2D eigenvalue weighted by Gasteiger charge is 2.43. The van der Waals surface area contributed by atoms with Gasteiger partial charge in [0.2, 0.25) is 0 Å². The summed E-state index contributed by atoms with van der Waals surface area (Å²) in [7, 11) is 0. The maximum Gasteiger partial charge on any atom is 0.304 e. The molecule has 0 aliphatic carbocycles. The van der Waals surface area contributed by atoms with Gasteiger partial charge in [-0.05, 0) is 45.2 Å². The van der Waals surface area contributed by atoms with E-state index in [-0.39, 0.29) is 0 Å². The molecule has 0 aromatic carbocycles. The summed E-state index contributed by atoms with van der Waals surface area (Å²) in [5.74, 6) is -0.636. The molecule has 0 bridgehead atoms. The number of nitrogens with zero attached hydrogens (tertiary/aromatic N) is 2. The zero-order valence-corrected chi connectivity index (χ0v) is 10.3. The summed E-state index contributed by atoms with van der Waals surface area (Å²) < 4.78 is 0. The SMILES string of the molecule is O=C(O)CC1CCCN1C1CCN2CCCC12. The van der Waals surface area contributed by atoms with Crippen molar-refractivity contribution in [1.29, 1.82) is 0 Å². The lowest BCUT2D eigenvalue weighted by molar-refractivity contribution is -0.138. The Labute approximate surface area is 103 Å². The largest absolute Gasteiger partial charge is 0.481 e. The Morgan fingerprint density at radius 1 is 1.06 bits per heavy atom. The van der Waals surface area contributed by atoms with Crippen molar-refractivity contribution in [3.8, 4) is 0 Å². The van der Waals surface area contributed by atoms with E-state index in [4.69, 9.17) is 5.11 Å². The molecule has 0 aromatic rings. The van der Waals surface area contributed by atoms with E-state index < -0.39 is 5.97 Å². The molecule has 0 radical (unpaired) electrons. The summed E-state index contributed by atoms with van der Waals surface area (Å²) in [4.78, 5) is 16.0. The number of hydrogen-bond acceptors (Lipinski definition) is 3. The third-order valence-electron chi connectivity index (χ3n) is 4.83. The number of carbonyl (C=O) groups is 1. The average molecular weight is 238 g/mol. The van der Waals surface area contributed by atoms with Gasteiger partial charge >= 0.3 is 5.97 Å². The lowest BCUT2D eigenvalue weighted by atomic mass is 10.0. The minimum Gasteiger partial charge on any atom is -0.481 e. The number of aliphatic carboxylic acids is 1. The van der Waals surface area contributed by atoms with E-state index in [9.17, 15) is 4.79 Å². The van der Waals surface area contributed by atoms with Crippen LogP contribution in [0.1, 0.15) is 38.5 Å². The van der Waals surface area contributed by atoms with Gasteiger partial charge in [-0.3, -0.25) is 14.6 Å². The van der Waals surface area contributed by atoms with Crippen LogP contribution in [-0.4, -0.2) is 58.6 Å². The van der Waals surface area contributed by atoms with Crippen molar-refractivity contribution in [2.24, 2.45) is 0 Å². The molecule has 96 valence electrons. The van der Waals surface area contributed by atoms with Crippen LogP contribution in [0.5, 0.6) is 0 Å². The molecule has 1 N–H and O–H groups in total. The fraction of sp³-hybridized carbons (Fsp3) is 0.923. The molecule has 3 unspecified atom stereocenters. The smallest absolute Gasteiger partial charge is 0.304 e. The number of carboxylic acids is 1. The molecular weight excluding hydrogens is 216 g/mol. The number of rotatable bonds is 3. The van der Waals surface area contributed by atoms with Gasteiger partial charge in [0, 0.05) is 24.7 Å². The van der Waals surface area contributed by atoms with Crippen LogP contribution in [0.2, 0.25) is 0 Å². The van der Waals surface area contributed by atoms with Crippen molar-refractivity contribution in [1.82, 2.24) is 9.80 Å². The molecule has 3 aliphatic rings. The van der Waals surface area contributed by atoms with E-state index >= 15 is 0 Å². The Hall–Kier alpha value is -0.610. The lowest BCUT2D eigenvalue weighted by Gasteiger charge is -2.33. The second-order valence-electron chi connectivity index (χ2n) is 5.73. The van der Waals surface area contributed by atoms with Crippen molar-refractivity contribution < 1.29 is 9.90 Å². The average Bonchev–Trinajstić information content (AvgIpc) is 2.90. The van der Waals surface area contributed by atoms with Gasteiger partial charge in [-0.15, -0.1) is 0 Å². The van der Waals surface area contributed by atoms with Crippen LogP contribution in [0.3, 0.4) is 0 Å². The molecule has 0 spiro atoms. The van der Waals surface area contributed by atoms with Gasteiger partial charge in [-0.1, -0.05) is 0 Å². The highest BCUT2D eigenvalue weighted by Crippen LogP contribution is 2.35. The summed E-state index contributed by atoms with van der Waals surface area (Å²) in [6.45, 7) is 3.61. The van der Waals surface area contributed by atoms with Gasteiger partial charge < -0.3 is 5.11 Å². The Balaban J connectivity index is 1.68. The summed E-state index contributed by atoms with van der Waals surface area (Å²) in [6.07, 6.45) is 6.50. The molecule has 0 saturated carbocycles. The number of likely N-dealkylation sites (tertiary alicyclic amines) is 1. The number of hydrogen-bond donors (Lipinski definition) is 1. The van der Waals surface area contributed by atoms with Gasteiger partial charge in [0.25, 0.3) is 0 Å². The first-order chi connectivity index (χ1) is 8.25. The fourth-order valence-corrected chi connectivity index (χ4v) is 4.16. The van der Waals surface area contributed by atoms with Crippen molar-refractivity contribution >= 4 is 5.97 Å². The number of carboxylic acid groups (broad SMARTS) is 1. The molecule has 0 amide bonds. The van der Waals surface area contributed by atoms with Crippen LogP contribution >= 0.6 is 0 Å². The van der Waals surface area contributed by atoms with Crippen LogP contribution in [0.25, 0.3) is 0 Å². The van der Waals surface area contributed by atoms with Crippen LogP contribution < -0.4 is 0 Å². The summed E-state index contributed by atoms with van der Waals surface area (Å²) in [5, 5.41) is 8.98. The second-order valence-corrected chi connectivity index (χ2v) is 5.73. The lowest BCUT2D eigenvalue weighted by Crippen LogP contribution is -2.45. The standard InChI is InChI=1S/C13H22N2O2/c16-13(17)9-10-3-1-7-15(10)12-5-8-14-6-2-4-11(12)14/h10-12H,1-9H2,(H,16,17). The van der Waals surface area contributed by atoms with Gasteiger partial charge in [0.05, 0.1) is 6.42 Å². The Kier molecular flexibility index (Phi) is 3.09. The minimum absolute atomic E-state index is 0.304. The van der Waals surface area contributed by atoms with Gasteiger partial charge in [-0.2, -0.15) is 0 Å². The van der Waals surface area contributed by atoms with Gasteiger partial charge in [-0.25, -0.2) is 0 Å². The summed E-state index contributed by atoms with van der Waals surface area (Å²) in [5.41, 5.74) is 0. The molecule has 0 aromatic heterocycles. The van der Waals surface area contributed by atoms with E-state index in [1.54, 1.807) is 0 Å². The quantitative estimate of drug-likeness (QED) is 0.801. The first-order valence-corrected chi connectivity index (χ1v) is 6.97. The van der Waals surface area contributed by atoms with Crippen molar-refractivity contribution in [3.05, 3.63) is 0 Å². The van der Waals surface area contributed by atoms with E-state index in [1.165, 1.54) is 38.8 Å². The second kappa shape index (κ2) is 4.58. The van der Waals surface area contributed by atoms with Gasteiger partial charge in [0.1, 0.15) is 0 Å². The van der Waals surface area contributed by atoms with Crippen molar-refractivity contribution in [2.45, 2.75) is 56.7 Å². The molecular formula is C13H22N2O2. The molecule has 3 atom stereocenters. The van der Waals surface area contributed by atoms with Crippen LogP contribution in [0, 0.1) is 0 Å². The van der Waals surface area contributed by atoms with E-state index in [0.29, 0.717) is 18.5 Å². The zero-order chi connectivity index (χ0) is 11.8. The molecule has 17 heavy (non-hydrogen) atoms. The molecule has 3 saturated heterocycles. The first-order valence-electron chi connectivity index (χ1n) is 6.97. The normalized spacial score (nSPS) is 38.7. The van der Waals surface area contributed by atoms with Crippen LogP contribution in [0.15, 0.2) is 0 Å². The van der Waals surface area contributed by atoms with E-state index in [0.717, 1.165) is 19.0 Å². The third kappa shape index (κ3) is 2.08. The minimum atomic E-state index is -0.636. The summed E-state index contributed by atoms with van der Waals surface area (Å²) in [6, 6.07) is 1.67. The fourth-order valence-electron chi connectivity index (χ4n) is 4.16. The van der Waals surface area contributed by atoms with Crippen molar-refractivity contribution in [3.63, 3.8) is 0 Å². The van der Waals surface area contributed by atoms with Crippen molar-refractivity contribution in [2.75, 3.05) is 19.6 Å². The summed E-state index contributed by atoms with van der Waals surface area (Å²) >= 11 is 0. The third-order valence-corrected chi connectivity index (χ3v) is 4.83. The monoisotopic (exact) mass is 238 g/mol. The molecule has 3 rings (SSSR count). The molecule has 3 heterocycles. The van der Waals surface area contributed by atoms with E-state index in [1.807, 2.05) is 0 Å². The first kappa shape index (κ1) is 11.5. The molecule has 3 aliphatic heterocycles. The Morgan fingerprint density at radius 3 is 2.71 bits per heavy atom. The van der Waals surface area contributed by atoms with Gasteiger partial charge in [0.15, 0.2) is 0 Å². The van der Waals surface area contributed by atoms with Crippen LogP contribution in [0.4, 0.5) is 0 Å². The highest BCUT2D eigenvalue weighted by atomic mass is 16.4. The predicted molar refractivity (Wildman–Crippen MR) is 65.0 cm³/mol. The molecule has 3 fully saturated rings. The predicted octanol–water partition coefficient (Wildman–Crippen LogP) is 1.16. The maximum absolute atomic E-state index is 10.9. The number of fused-ring (bicyclic) bond motifs is 1. The molecule has 4 nitrogen and oxygen atoms in total. The Morgan fingerprint density at radius 2 is 1.88 bits per heavy atom. The highest BCUT2D eigenvalue weighted by molar-refractivity contribution is 5.67. The molecule has 4 heteroatoms. The van der Waals surface area contributed by atoms with Crippen LogP contribution in [-0.2, 0) is 4.79 Å². The Bertz CT molecular complexity index is 308. The maximum atomic E-state index is 10.9. The zero-order valence-electron chi connectivity index (χ0n) is 10.3. The topological polar surface area (TPSA) is 43.8 Å².